The summed E-state index contributed by atoms with van der Waals surface area (Å²) in [6, 6.07) is 9.15. The fourth-order valence-corrected chi connectivity index (χ4v) is 3.14. The van der Waals surface area contributed by atoms with E-state index in [1.807, 2.05) is 6.07 Å². The lowest BCUT2D eigenvalue weighted by molar-refractivity contribution is -0.385. The van der Waals surface area contributed by atoms with E-state index in [0.717, 1.165) is 11.1 Å². The molecule has 0 saturated heterocycles. The summed E-state index contributed by atoms with van der Waals surface area (Å²) in [5, 5.41) is 14.0. The van der Waals surface area contributed by atoms with Gasteiger partial charge in [0.1, 0.15) is 5.56 Å². The number of ether oxygens (including phenoxy) is 1. The molecule has 1 heterocycles. The second kappa shape index (κ2) is 7.63. The third kappa shape index (κ3) is 4.01. The number of nitro groups is 1. The molecule has 0 spiro atoms. The summed E-state index contributed by atoms with van der Waals surface area (Å²) in [6.07, 6.45) is 0.267. The number of carbonyl (C=O) groups excluding carboxylic acids is 2. The molecule has 140 valence electrons. The number of nitro benzene ring substituents is 1. The summed E-state index contributed by atoms with van der Waals surface area (Å²) in [7, 11) is 1.33. The maximum atomic E-state index is 12.5. The van der Waals surface area contributed by atoms with Crippen LogP contribution in [0, 0.1) is 10.1 Å². The molecule has 0 saturated carbocycles. The summed E-state index contributed by atoms with van der Waals surface area (Å²) in [6.45, 7) is 0.920. The van der Waals surface area contributed by atoms with Gasteiger partial charge in [0.05, 0.1) is 12.0 Å². The minimum absolute atomic E-state index is 0.124. The predicted octanol–water partition coefficient (Wildman–Crippen LogP) is 3.63. The molecule has 0 atom stereocenters. The molecule has 2 amide bonds. The Balaban J connectivity index is 1.83. The van der Waals surface area contributed by atoms with Gasteiger partial charge in [0, 0.05) is 29.9 Å². The lowest BCUT2D eigenvalue weighted by Gasteiger charge is -2.28. The number of anilines is 1. The molecular weight excluding hydrogens is 374 g/mol. The first kappa shape index (κ1) is 18.7. The Labute approximate surface area is 159 Å². The van der Waals surface area contributed by atoms with E-state index in [1.165, 1.54) is 25.3 Å². The second-order valence-electron chi connectivity index (χ2n) is 6.00. The van der Waals surface area contributed by atoms with Gasteiger partial charge >= 0.3 is 6.09 Å². The molecule has 0 unspecified atom stereocenters. The molecular formula is C18H16ClN3O5. The monoisotopic (exact) mass is 389 g/mol. The molecule has 0 aromatic heterocycles. The first-order valence-corrected chi connectivity index (χ1v) is 8.47. The van der Waals surface area contributed by atoms with Crippen molar-refractivity contribution in [3.63, 3.8) is 0 Å². The average Bonchev–Trinajstić information content (AvgIpc) is 2.66. The predicted molar refractivity (Wildman–Crippen MR) is 99.0 cm³/mol. The highest BCUT2D eigenvalue weighted by molar-refractivity contribution is 6.31. The first-order chi connectivity index (χ1) is 12.9. The van der Waals surface area contributed by atoms with Crippen molar-refractivity contribution in [2.75, 3.05) is 19.0 Å². The summed E-state index contributed by atoms with van der Waals surface area (Å²) < 4.78 is 4.75. The van der Waals surface area contributed by atoms with Crippen LogP contribution in [0.2, 0.25) is 5.02 Å². The summed E-state index contributed by atoms with van der Waals surface area (Å²) in [5.41, 5.74) is 1.97. The quantitative estimate of drug-likeness (QED) is 0.638. The van der Waals surface area contributed by atoms with Crippen LogP contribution in [-0.2, 0) is 17.7 Å². The van der Waals surface area contributed by atoms with E-state index in [9.17, 15) is 19.7 Å². The lowest BCUT2D eigenvalue weighted by Crippen LogP contribution is -2.35. The van der Waals surface area contributed by atoms with Crippen LogP contribution < -0.4 is 5.32 Å². The number of carbonyl (C=O) groups is 2. The van der Waals surface area contributed by atoms with Gasteiger partial charge in [0.2, 0.25) is 0 Å². The summed E-state index contributed by atoms with van der Waals surface area (Å²) >= 11 is 5.87. The smallest absolute Gasteiger partial charge is 0.409 e. The van der Waals surface area contributed by atoms with Crippen LogP contribution in [0.1, 0.15) is 21.5 Å². The highest BCUT2D eigenvalue weighted by Crippen LogP contribution is 2.26. The number of halogens is 1. The van der Waals surface area contributed by atoms with Gasteiger partial charge in [0.25, 0.3) is 11.6 Å². The highest BCUT2D eigenvalue weighted by Gasteiger charge is 2.23. The molecule has 2 aromatic rings. The van der Waals surface area contributed by atoms with Gasteiger partial charge in [-0.3, -0.25) is 14.9 Å². The molecule has 27 heavy (non-hydrogen) atoms. The number of hydrogen-bond acceptors (Lipinski definition) is 5. The van der Waals surface area contributed by atoms with Crippen molar-refractivity contribution < 1.29 is 19.2 Å². The number of amides is 2. The summed E-state index contributed by atoms with van der Waals surface area (Å²) in [5.74, 6) is -0.634. The van der Waals surface area contributed by atoms with E-state index < -0.39 is 16.9 Å². The number of methoxy groups -OCH3 is 1. The Kier molecular flexibility index (Phi) is 5.27. The third-order valence-corrected chi connectivity index (χ3v) is 4.54. The molecule has 1 N–H and O–H groups in total. The van der Waals surface area contributed by atoms with E-state index in [1.54, 1.807) is 17.0 Å². The minimum Gasteiger partial charge on any atom is -0.453 e. The van der Waals surface area contributed by atoms with Crippen molar-refractivity contribution in [3.05, 3.63) is 68.2 Å². The molecule has 2 aromatic carbocycles. The summed E-state index contributed by atoms with van der Waals surface area (Å²) in [4.78, 5) is 36.3. The Morgan fingerprint density at radius 3 is 2.70 bits per heavy atom. The maximum Gasteiger partial charge on any atom is 0.409 e. The highest BCUT2D eigenvalue weighted by atomic mass is 35.5. The zero-order chi connectivity index (χ0) is 19.6. The van der Waals surface area contributed by atoms with Gasteiger partial charge in [-0.2, -0.15) is 0 Å². The van der Waals surface area contributed by atoms with Crippen LogP contribution in [0.3, 0.4) is 0 Å². The Bertz CT molecular complexity index is 931. The van der Waals surface area contributed by atoms with Gasteiger partial charge in [-0.25, -0.2) is 4.79 Å². The number of fused-ring (bicyclic) bond motifs is 1. The molecule has 0 bridgehead atoms. The minimum atomic E-state index is -0.634. The topological polar surface area (TPSA) is 102 Å². The number of benzene rings is 2. The van der Waals surface area contributed by atoms with Crippen molar-refractivity contribution in [1.82, 2.24) is 4.90 Å². The van der Waals surface area contributed by atoms with Gasteiger partial charge in [-0.15, -0.1) is 0 Å². The SMILES string of the molecule is COC(=O)N1CCc2ccc(NC(=O)c3cc(Cl)ccc3[N+](=O)[O-])cc2C1. The van der Waals surface area contributed by atoms with E-state index in [4.69, 9.17) is 16.3 Å². The van der Waals surface area contributed by atoms with Crippen molar-refractivity contribution >= 4 is 35.0 Å². The van der Waals surface area contributed by atoms with Crippen LogP contribution in [-0.4, -0.2) is 35.5 Å². The molecule has 9 heteroatoms. The van der Waals surface area contributed by atoms with Crippen molar-refractivity contribution in [1.29, 1.82) is 0 Å². The average molecular weight is 390 g/mol. The molecule has 1 aliphatic rings. The van der Waals surface area contributed by atoms with Crippen LogP contribution in [0.4, 0.5) is 16.2 Å². The largest absolute Gasteiger partial charge is 0.453 e. The second-order valence-corrected chi connectivity index (χ2v) is 6.43. The van der Waals surface area contributed by atoms with E-state index >= 15 is 0 Å². The molecule has 8 nitrogen and oxygen atoms in total. The molecule has 3 rings (SSSR count). The normalized spacial score (nSPS) is 12.9. The number of nitrogens with one attached hydrogen (secondary N) is 1. The number of hydrogen-bond donors (Lipinski definition) is 1. The van der Waals surface area contributed by atoms with Gasteiger partial charge in [-0.1, -0.05) is 17.7 Å². The third-order valence-electron chi connectivity index (χ3n) is 4.31. The lowest BCUT2D eigenvalue weighted by atomic mass is 9.99. The van der Waals surface area contributed by atoms with Crippen molar-refractivity contribution in [2.45, 2.75) is 13.0 Å². The first-order valence-electron chi connectivity index (χ1n) is 8.09. The fraction of sp³-hybridized carbons (Fsp3) is 0.222. The zero-order valence-corrected chi connectivity index (χ0v) is 15.2. The Morgan fingerprint density at radius 2 is 2.00 bits per heavy atom. The zero-order valence-electron chi connectivity index (χ0n) is 14.4. The van der Waals surface area contributed by atoms with E-state index in [2.05, 4.69) is 5.32 Å². The Morgan fingerprint density at radius 1 is 1.22 bits per heavy atom. The number of rotatable bonds is 3. The van der Waals surface area contributed by atoms with Crippen molar-refractivity contribution in [3.8, 4) is 0 Å². The molecule has 0 aliphatic carbocycles. The molecule has 0 fully saturated rings. The van der Waals surface area contributed by atoms with Gasteiger partial charge in [0.15, 0.2) is 0 Å². The van der Waals surface area contributed by atoms with E-state index in [-0.39, 0.29) is 16.3 Å². The Hall–Kier alpha value is -3.13. The van der Waals surface area contributed by atoms with Crippen LogP contribution in [0.15, 0.2) is 36.4 Å². The van der Waals surface area contributed by atoms with Crippen LogP contribution in [0.5, 0.6) is 0 Å². The standard InChI is InChI=1S/C18H16ClN3O5/c1-27-18(24)21-7-6-11-2-4-14(8-12(11)10-21)20-17(23)15-9-13(19)3-5-16(15)22(25)26/h2-5,8-9H,6-7,10H2,1H3,(H,20,23). The fourth-order valence-electron chi connectivity index (χ4n) is 2.97. The molecule has 0 radical (unpaired) electrons. The maximum absolute atomic E-state index is 12.5. The van der Waals surface area contributed by atoms with E-state index in [0.29, 0.717) is 25.2 Å². The van der Waals surface area contributed by atoms with Gasteiger partial charge < -0.3 is 15.0 Å². The van der Waals surface area contributed by atoms with Gasteiger partial charge in [-0.05, 0) is 41.8 Å². The van der Waals surface area contributed by atoms with Crippen molar-refractivity contribution in [2.24, 2.45) is 0 Å². The van der Waals surface area contributed by atoms with Crippen LogP contribution >= 0.6 is 11.6 Å². The number of nitrogens with zero attached hydrogens (tertiary/aromatic N) is 2. The van der Waals surface area contributed by atoms with Crippen LogP contribution in [0.25, 0.3) is 0 Å². The molecule has 1 aliphatic heterocycles.